The molecule has 0 amide bonds. The molecule has 1 aromatic carbocycles. The third-order valence-electron chi connectivity index (χ3n) is 2.49. The van der Waals surface area contributed by atoms with Gasteiger partial charge in [0.05, 0.1) is 16.1 Å². The summed E-state index contributed by atoms with van der Waals surface area (Å²) in [6.07, 6.45) is -0.408. The number of benzene rings is 1. The number of fused-ring (bicyclic) bond motifs is 1. The number of hydrogen-bond donors (Lipinski definition) is 1. The van der Waals surface area contributed by atoms with Crippen molar-refractivity contribution in [3.63, 3.8) is 0 Å². The van der Waals surface area contributed by atoms with Crippen LogP contribution in [-0.4, -0.2) is 10.7 Å². The first-order valence-electron chi connectivity index (χ1n) is 4.76. The highest BCUT2D eigenvalue weighted by atomic mass is 79.9. The molecule has 0 saturated carbocycles. The van der Waals surface area contributed by atoms with Crippen molar-refractivity contribution < 1.29 is 14.2 Å². The van der Waals surface area contributed by atoms with E-state index in [4.69, 9.17) is 4.74 Å². The molecule has 2 rings (SSSR count). The first kappa shape index (κ1) is 10.9. The van der Waals surface area contributed by atoms with E-state index in [9.17, 15) is 9.50 Å². The summed E-state index contributed by atoms with van der Waals surface area (Å²) < 4.78 is 19.8. The van der Waals surface area contributed by atoms with Crippen molar-refractivity contribution in [2.24, 2.45) is 0 Å². The summed E-state index contributed by atoms with van der Waals surface area (Å²) in [5.41, 5.74) is -0.216. The summed E-state index contributed by atoms with van der Waals surface area (Å²) in [4.78, 5) is 0. The van der Waals surface area contributed by atoms with Crippen LogP contribution >= 0.6 is 15.9 Å². The minimum atomic E-state index is -0.804. The lowest BCUT2D eigenvalue weighted by molar-refractivity contribution is 0.00844. The number of rotatable bonds is 0. The van der Waals surface area contributed by atoms with Gasteiger partial charge < -0.3 is 9.84 Å². The highest BCUT2D eigenvalue weighted by Gasteiger charge is 2.35. The largest absolute Gasteiger partial charge is 0.486 e. The van der Waals surface area contributed by atoms with Gasteiger partial charge in [-0.25, -0.2) is 4.39 Å². The van der Waals surface area contributed by atoms with Crippen molar-refractivity contribution in [2.75, 3.05) is 0 Å². The molecule has 1 N–H and O–H groups in total. The van der Waals surface area contributed by atoms with Crippen molar-refractivity contribution >= 4 is 15.9 Å². The van der Waals surface area contributed by atoms with Gasteiger partial charge in [-0.15, -0.1) is 0 Å². The second kappa shape index (κ2) is 3.46. The minimum Gasteiger partial charge on any atom is -0.486 e. The molecular weight excluding hydrogens is 263 g/mol. The van der Waals surface area contributed by atoms with Gasteiger partial charge in [-0.2, -0.15) is 0 Å². The number of hydrogen-bond acceptors (Lipinski definition) is 2. The Bertz CT molecular complexity index is 404. The van der Waals surface area contributed by atoms with E-state index in [0.29, 0.717) is 16.6 Å². The van der Waals surface area contributed by atoms with Gasteiger partial charge in [-0.1, -0.05) is 0 Å². The van der Waals surface area contributed by atoms with Gasteiger partial charge >= 0.3 is 0 Å². The van der Waals surface area contributed by atoms with Crippen LogP contribution in [0.5, 0.6) is 5.75 Å². The van der Waals surface area contributed by atoms with Crippen LogP contribution in [0.15, 0.2) is 16.6 Å². The molecule has 15 heavy (non-hydrogen) atoms. The quantitative estimate of drug-likeness (QED) is 0.788. The van der Waals surface area contributed by atoms with Gasteiger partial charge in [0.25, 0.3) is 0 Å². The summed E-state index contributed by atoms with van der Waals surface area (Å²) in [7, 11) is 0. The molecule has 0 radical (unpaired) electrons. The molecule has 0 bridgehead atoms. The Kier molecular flexibility index (Phi) is 2.51. The Morgan fingerprint density at radius 1 is 1.53 bits per heavy atom. The third-order valence-corrected chi connectivity index (χ3v) is 3.12. The Morgan fingerprint density at radius 3 is 2.87 bits per heavy atom. The van der Waals surface area contributed by atoms with Crippen LogP contribution < -0.4 is 4.74 Å². The summed E-state index contributed by atoms with van der Waals surface area (Å²) in [5.74, 6) is -0.00468. The van der Waals surface area contributed by atoms with Crippen molar-refractivity contribution in [3.05, 3.63) is 28.0 Å². The Hall–Kier alpha value is -0.610. The van der Waals surface area contributed by atoms with Crippen LogP contribution in [0.2, 0.25) is 0 Å². The van der Waals surface area contributed by atoms with Crippen molar-refractivity contribution in [1.82, 2.24) is 0 Å². The van der Waals surface area contributed by atoms with Crippen LogP contribution in [0.1, 0.15) is 31.9 Å². The van der Waals surface area contributed by atoms with E-state index in [0.717, 1.165) is 0 Å². The van der Waals surface area contributed by atoms with E-state index >= 15 is 0 Å². The fourth-order valence-corrected chi connectivity index (χ4v) is 2.28. The van der Waals surface area contributed by atoms with Crippen LogP contribution in [0.25, 0.3) is 0 Å². The minimum absolute atomic E-state index is 0.253. The Balaban J connectivity index is 2.59. The van der Waals surface area contributed by atoms with Gasteiger partial charge in [0.2, 0.25) is 0 Å². The van der Waals surface area contributed by atoms with E-state index in [1.165, 1.54) is 6.07 Å². The zero-order valence-electron chi connectivity index (χ0n) is 8.55. The van der Waals surface area contributed by atoms with Crippen molar-refractivity contribution in [3.8, 4) is 5.75 Å². The molecule has 0 fully saturated rings. The first-order valence-corrected chi connectivity index (χ1v) is 5.55. The van der Waals surface area contributed by atoms with Crippen molar-refractivity contribution in [2.45, 2.75) is 32.0 Å². The molecule has 1 aliphatic heterocycles. The highest BCUT2D eigenvalue weighted by molar-refractivity contribution is 9.10. The highest BCUT2D eigenvalue weighted by Crippen LogP contribution is 2.44. The summed E-state index contributed by atoms with van der Waals surface area (Å²) in [6, 6.07) is 2.91. The maximum absolute atomic E-state index is 13.5. The normalized spacial score (nSPS) is 23.1. The second-order valence-corrected chi connectivity index (χ2v) is 5.21. The summed E-state index contributed by atoms with van der Waals surface area (Å²) in [5, 5.41) is 9.86. The zero-order chi connectivity index (χ0) is 11.2. The molecule has 0 aliphatic carbocycles. The molecule has 0 spiro atoms. The lowest BCUT2D eigenvalue weighted by Gasteiger charge is -2.36. The van der Waals surface area contributed by atoms with Crippen LogP contribution in [0.4, 0.5) is 4.39 Å². The topological polar surface area (TPSA) is 29.5 Å². The van der Waals surface area contributed by atoms with E-state index in [1.807, 2.05) is 13.8 Å². The molecule has 1 aliphatic rings. The standard InChI is InChI=1S/C11H12BrFO2/c1-11(2)5-8(14)9-7(13)4-3-6(12)10(9)15-11/h3-4,8,14H,5H2,1-2H3. The molecule has 0 aromatic heterocycles. The molecule has 0 saturated heterocycles. The van der Waals surface area contributed by atoms with Crippen LogP contribution in [-0.2, 0) is 0 Å². The predicted octanol–water partition coefficient (Wildman–Crippen LogP) is 3.18. The van der Waals surface area contributed by atoms with Gasteiger partial charge in [-0.05, 0) is 41.9 Å². The van der Waals surface area contributed by atoms with Crippen LogP contribution in [0, 0.1) is 5.82 Å². The maximum Gasteiger partial charge on any atom is 0.143 e. The number of ether oxygens (including phenoxy) is 1. The number of aliphatic hydroxyl groups excluding tert-OH is 1. The van der Waals surface area contributed by atoms with Gasteiger partial charge in [0.15, 0.2) is 0 Å². The molecule has 1 unspecified atom stereocenters. The lowest BCUT2D eigenvalue weighted by Crippen LogP contribution is -2.35. The number of halogens is 2. The maximum atomic E-state index is 13.5. The predicted molar refractivity (Wildman–Crippen MR) is 58.4 cm³/mol. The molecule has 82 valence electrons. The lowest BCUT2D eigenvalue weighted by atomic mass is 9.91. The summed E-state index contributed by atoms with van der Waals surface area (Å²) in [6.45, 7) is 3.74. The van der Waals surface area contributed by atoms with E-state index in [2.05, 4.69) is 15.9 Å². The van der Waals surface area contributed by atoms with Crippen molar-refractivity contribution in [1.29, 1.82) is 0 Å². The van der Waals surface area contributed by atoms with Gasteiger partial charge in [0, 0.05) is 6.42 Å². The third kappa shape index (κ3) is 1.88. The number of aliphatic hydroxyl groups is 1. The molecule has 1 aromatic rings. The Morgan fingerprint density at radius 2 is 2.20 bits per heavy atom. The fourth-order valence-electron chi connectivity index (χ4n) is 1.85. The molecule has 4 heteroatoms. The summed E-state index contributed by atoms with van der Waals surface area (Å²) >= 11 is 3.29. The molecule has 1 heterocycles. The molecule has 2 nitrogen and oxygen atoms in total. The van der Waals surface area contributed by atoms with Crippen LogP contribution in [0.3, 0.4) is 0 Å². The van der Waals surface area contributed by atoms with Gasteiger partial charge in [0.1, 0.15) is 17.2 Å². The average Bonchev–Trinajstić information content (AvgIpc) is 2.09. The smallest absolute Gasteiger partial charge is 0.143 e. The molecule has 1 atom stereocenters. The molecular formula is C11H12BrFO2. The van der Waals surface area contributed by atoms with E-state index < -0.39 is 17.5 Å². The monoisotopic (exact) mass is 274 g/mol. The second-order valence-electron chi connectivity index (χ2n) is 4.35. The van der Waals surface area contributed by atoms with E-state index in [1.54, 1.807) is 6.07 Å². The van der Waals surface area contributed by atoms with E-state index in [-0.39, 0.29) is 5.56 Å². The van der Waals surface area contributed by atoms with Gasteiger partial charge in [-0.3, -0.25) is 0 Å². The first-order chi connectivity index (χ1) is 6.91. The SMILES string of the molecule is CC1(C)CC(O)c2c(F)ccc(Br)c2O1. The average molecular weight is 275 g/mol. The fraction of sp³-hybridized carbons (Fsp3) is 0.455. The Labute approximate surface area is 96.2 Å². The zero-order valence-corrected chi connectivity index (χ0v) is 10.1.